The van der Waals surface area contributed by atoms with E-state index in [-0.39, 0.29) is 0 Å². The van der Waals surface area contributed by atoms with Gasteiger partial charge in [-0.25, -0.2) is 0 Å². The predicted octanol–water partition coefficient (Wildman–Crippen LogP) is 1.33. The molecule has 0 fully saturated rings. The molecule has 0 saturated heterocycles. The normalized spacial score (nSPS) is 9.50. The molecule has 0 aromatic carbocycles. The van der Waals surface area contributed by atoms with Gasteiger partial charge >= 0.3 is 0 Å². The zero-order valence-corrected chi connectivity index (χ0v) is 3.94. The minimum Gasteiger partial charge on any atom is -0.0890 e. The van der Waals surface area contributed by atoms with Gasteiger partial charge < -0.3 is 0 Å². The van der Waals surface area contributed by atoms with E-state index in [2.05, 4.69) is 5.21 Å². The highest BCUT2D eigenvalue weighted by Gasteiger charge is 1.41. The van der Waals surface area contributed by atoms with E-state index in [0.29, 0.717) is 0 Å². The van der Waals surface area contributed by atoms with Gasteiger partial charge in [-0.05, 0) is 22.6 Å². The Morgan fingerprint density at radius 1 is 2.00 bits per heavy atom. The second-order valence-electron chi connectivity index (χ2n) is 0.195. The van der Waals surface area contributed by atoms with E-state index < -0.39 is 0 Å². The number of rotatable bonds is 0. The van der Waals surface area contributed by atoms with Crippen LogP contribution in [0.1, 0.15) is 0 Å². The van der Waals surface area contributed by atoms with Crippen molar-refractivity contribution in [3.63, 3.8) is 0 Å². The summed E-state index contributed by atoms with van der Waals surface area (Å²) in [6.07, 6.45) is 0. The van der Waals surface area contributed by atoms with Gasteiger partial charge in [-0.15, -0.1) is 0 Å². The van der Waals surface area contributed by atoms with Crippen molar-refractivity contribution in [3.8, 4) is 0 Å². The lowest BCUT2D eigenvalue weighted by molar-refractivity contribution is 0.543. The third-order valence-corrected chi connectivity index (χ3v) is 0.247. The molecule has 0 spiro atoms. The monoisotopic (exact) mass is 173 g/mol. The van der Waals surface area contributed by atoms with Gasteiger partial charge in [0.25, 0.3) is 0 Å². The minimum absolute atomic E-state index is 1.05. The smallest absolute Gasteiger partial charge is 0.0890 e. The van der Waals surface area contributed by atoms with Gasteiger partial charge in [0.2, 0.25) is 0 Å². The number of halogens is 2. The van der Waals surface area contributed by atoms with Crippen LogP contribution in [-0.2, 0) is 0 Å². The Hall–Kier alpha value is 0.330. The summed E-state index contributed by atoms with van der Waals surface area (Å²) in [5, 5.41) is 2.10. The van der Waals surface area contributed by atoms with Crippen LogP contribution in [0.25, 0.3) is 0 Å². The molecule has 0 amide bonds. The molecule has 0 radical (unpaired) electrons. The van der Waals surface area contributed by atoms with Crippen LogP contribution in [0.2, 0.25) is 0 Å². The lowest BCUT2D eigenvalue weighted by atomic mass is 11.8. The van der Waals surface area contributed by atoms with E-state index in [9.17, 15) is 4.48 Å². The lowest BCUT2D eigenvalue weighted by Crippen LogP contribution is -1.29. The van der Waals surface area contributed by atoms with Crippen molar-refractivity contribution in [2.45, 2.75) is 0 Å². The third kappa shape index (κ3) is 2.33. The fourth-order valence-electron chi connectivity index (χ4n) is 0. The Morgan fingerprint density at radius 3 is 2.25 bits per heavy atom. The summed E-state index contributed by atoms with van der Waals surface area (Å²) >= 11 is 1.68. The fraction of sp³-hybridized carbons (Fsp3) is 0. The summed E-state index contributed by atoms with van der Waals surface area (Å²) in [6, 6.07) is 0. The highest BCUT2D eigenvalue weighted by atomic mass is 127. The molecule has 0 unspecified atom stereocenters. The maximum absolute atomic E-state index is 10.3. The highest BCUT2D eigenvalue weighted by Crippen LogP contribution is 1.68. The predicted molar refractivity (Wildman–Crippen MR) is 23.6 cm³/mol. The molecule has 3 heteroatoms. The van der Waals surface area contributed by atoms with Gasteiger partial charge in [0.05, 0.1) is 4.22 Å². The Bertz CT molecular complexity index is 23.2. The van der Waals surface area contributed by atoms with Gasteiger partial charge in [-0.2, -0.15) is 0 Å². The molecule has 24 valence electrons. The standard InChI is InChI=1S/CHFIN/c2-4-1-3/h1H/b4-1+. The van der Waals surface area contributed by atoms with Crippen molar-refractivity contribution >= 4 is 26.8 Å². The molecule has 0 bridgehead atoms. The van der Waals surface area contributed by atoms with E-state index >= 15 is 0 Å². The average molecular weight is 173 g/mol. The second kappa shape index (κ2) is 3.33. The zero-order valence-electron chi connectivity index (χ0n) is 1.78. The molecule has 0 aromatic heterocycles. The van der Waals surface area contributed by atoms with E-state index in [0.717, 1.165) is 4.22 Å². The van der Waals surface area contributed by atoms with Crippen molar-refractivity contribution in [2.75, 3.05) is 0 Å². The van der Waals surface area contributed by atoms with Gasteiger partial charge in [0.15, 0.2) is 0 Å². The van der Waals surface area contributed by atoms with Crippen molar-refractivity contribution in [2.24, 2.45) is 5.21 Å². The maximum Gasteiger partial charge on any atom is 0.0982 e. The molecule has 0 aromatic rings. The summed E-state index contributed by atoms with van der Waals surface area (Å²) < 4.78 is 11.3. The van der Waals surface area contributed by atoms with Crippen molar-refractivity contribution in [1.82, 2.24) is 0 Å². The first-order chi connectivity index (χ1) is 1.91. The summed E-state index contributed by atoms with van der Waals surface area (Å²) in [7, 11) is 0. The molecule has 0 rings (SSSR count). The van der Waals surface area contributed by atoms with Crippen LogP contribution in [0.3, 0.4) is 0 Å². The van der Waals surface area contributed by atoms with Crippen molar-refractivity contribution < 1.29 is 4.48 Å². The van der Waals surface area contributed by atoms with Gasteiger partial charge in [-0.3, -0.25) is 0 Å². The van der Waals surface area contributed by atoms with Gasteiger partial charge in [-0.1, -0.05) is 9.70 Å². The van der Waals surface area contributed by atoms with Crippen LogP contribution in [0, 0.1) is 0 Å². The van der Waals surface area contributed by atoms with E-state index in [1.165, 1.54) is 0 Å². The fourth-order valence-corrected chi connectivity index (χ4v) is 0. The largest absolute Gasteiger partial charge is 0.0982 e. The average Bonchev–Trinajstić information content (AvgIpc) is 1.37. The third-order valence-electron chi connectivity index (χ3n) is 0.0369. The molecular formula is CHFIN. The Morgan fingerprint density at radius 2 is 2.25 bits per heavy atom. The first-order valence-electron chi connectivity index (χ1n) is 0.645. The molecule has 0 aliphatic rings. The van der Waals surface area contributed by atoms with Crippen LogP contribution in [0.5, 0.6) is 0 Å². The Kier molecular flexibility index (Phi) is 3.60. The molecule has 0 N–H and O–H groups in total. The van der Waals surface area contributed by atoms with E-state index in [4.69, 9.17) is 0 Å². The van der Waals surface area contributed by atoms with Crippen LogP contribution in [-0.4, -0.2) is 4.22 Å². The summed E-state index contributed by atoms with van der Waals surface area (Å²) in [4.78, 5) is 0. The zero-order chi connectivity index (χ0) is 3.41. The molecule has 4 heavy (non-hydrogen) atoms. The second-order valence-corrected chi connectivity index (χ2v) is 0.752. The van der Waals surface area contributed by atoms with E-state index in [1.54, 1.807) is 22.6 Å². The summed E-state index contributed by atoms with van der Waals surface area (Å²) in [5.41, 5.74) is 0. The molecule has 1 nitrogen and oxygen atoms in total. The Labute approximate surface area is 37.0 Å². The first-order valence-corrected chi connectivity index (χ1v) is 1.89. The number of hydrogen-bond acceptors (Lipinski definition) is 1. The van der Waals surface area contributed by atoms with Gasteiger partial charge in [0.1, 0.15) is 0 Å². The minimum atomic E-state index is 1.05. The van der Waals surface area contributed by atoms with E-state index in [1.807, 2.05) is 0 Å². The van der Waals surface area contributed by atoms with Crippen LogP contribution >= 0.6 is 22.6 Å². The van der Waals surface area contributed by atoms with Crippen molar-refractivity contribution in [3.05, 3.63) is 0 Å². The van der Waals surface area contributed by atoms with Crippen LogP contribution in [0.4, 0.5) is 4.48 Å². The van der Waals surface area contributed by atoms with Crippen LogP contribution < -0.4 is 0 Å². The molecular weight excluding hydrogens is 172 g/mol. The quantitative estimate of drug-likeness (QED) is 0.387. The molecule has 0 atom stereocenters. The first kappa shape index (κ1) is 4.33. The van der Waals surface area contributed by atoms with Gasteiger partial charge in [0, 0.05) is 0 Å². The molecule has 0 aliphatic heterocycles. The SMILES string of the molecule is F/N=C/I. The van der Waals surface area contributed by atoms with Crippen molar-refractivity contribution in [1.29, 1.82) is 0 Å². The molecule has 0 aliphatic carbocycles. The summed E-state index contributed by atoms with van der Waals surface area (Å²) in [6.45, 7) is 0. The maximum atomic E-state index is 10.3. The molecule has 0 saturated carbocycles. The highest BCUT2D eigenvalue weighted by molar-refractivity contribution is 14.1. The number of nitrogens with zero attached hydrogens (tertiary/aromatic N) is 1. The molecule has 0 heterocycles. The van der Waals surface area contributed by atoms with Crippen LogP contribution in [0.15, 0.2) is 5.21 Å². The summed E-state index contributed by atoms with van der Waals surface area (Å²) in [5.74, 6) is 0. The lowest BCUT2D eigenvalue weighted by Gasteiger charge is -1.43. The topological polar surface area (TPSA) is 12.4 Å². The Balaban J connectivity index is 2.55. The number of hydrogen-bond donors (Lipinski definition) is 0.